The van der Waals surface area contributed by atoms with Crippen molar-refractivity contribution in [3.8, 4) is 0 Å². The van der Waals surface area contributed by atoms with Crippen LogP contribution in [-0.2, 0) is 0 Å². The average Bonchev–Trinajstić information content (AvgIpc) is 2.73. The Bertz CT molecular complexity index is 433. The van der Waals surface area contributed by atoms with Crippen molar-refractivity contribution >= 4 is 22.9 Å². The van der Waals surface area contributed by atoms with Gasteiger partial charge in [0.05, 0.1) is 22.9 Å². The zero-order chi connectivity index (χ0) is 10.1. The van der Waals surface area contributed by atoms with Crippen molar-refractivity contribution in [3.05, 3.63) is 32.7 Å². The van der Waals surface area contributed by atoms with E-state index < -0.39 is 0 Å². The highest BCUT2D eigenvalue weighted by molar-refractivity contribution is 7.10. The lowest BCUT2D eigenvalue weighted by Crippen LogP contribution is -2.09. The van der Waals surface area contributed by atoms with Crippen LogP contribution in [0.3, 0.4) is 0 Å². The van der Waals surface area contributed by atoms with E-state index in [9.17, 15) is 0 Å². The number of aromatic nitrogens is 2. The van der Waals surface area contributed by atoms with Crippen LogP contribution in [0.15, 0.2) is 11.6 Å². The van der Waals surface area contributed by atoms with Crippen molar-refractivity contribution in [1.82, 2.24) is 9.36 Å². The summed E-state index contributed by atoms with van der Waals surface area (Å²) in [4.78, 5) is 6.43. The van der Waals surface area contributed by atoms with Crippen LogP contribution in [0.2, 0.25) is 0 Å². The molecule has 0 saturated carbocycles. The average molecular weight is 225 g/mol. The minimum absolute atomic E-state index is 0.0614. The third kappa shape index (κ3) is 1.70. The van der Waals surface area contributed by atoms with Gasteiger partial charge in [-0.3, -0.25) is 0 Å². The van der Waals surface area contributed by atoms with E-state index in [2.05, 4.69) is 9.36 Å². The fourth-order valence-electron chi connectivity index (χ4n) is 1.27. The van der Waals surface area contributed by atoms with E-state index in [1.54, 1.807) is 11.3 Å². The summed E-state index contributed by atoms with van der Waals surface area (Å²) in [5.74, 6) is 0. The van der Waals surface area contributed by atoms with Gasteiger partial charge in [-0.25, -0.2) is 4.98 Å². The van der Waals surface area contributed by atoms with Gasteiger partial charge in [0.2, 0.25) is 0 Å². The molecule has 0 aromatic carbocycles. The van der Waals surface area contributed by atoms with E-state index in [-0.39, 0.29) is 6.04 Å². The zero-order valence-electron chi connectivity index (χ0n) is 8.02. The van der Waals surface area contributed by atoms with Crippen molar-refractivity contribution in [1.29, 1.82) is 0 Å². The number of nitrogens with two attached hydrogens (primary N) is 1. The lowest BCUT2D eigenvalue weighted by molar-refractivity contribution is 0.898. The van der Waals surface area contributed by atoms with Gasteiger partial charge in [-0.05, 0) is 31.4 Å². The first kappa shape index (κ1) is 9.76. The molecule has 0 aliphatic carbocycles. The van der Waals surface area contributed by atoms with Crippen LogP contribution in [0.5, 0.6) is 0 Å². The summed E-state index contributed by atoms with van der Waals surface area (Å²) in [7, 11) is 0. The summed E-state index contributed by atoms with van der Waals surface area (Å²) in [6.45, 7) is 3.96. The van der Waals surface area contributed by atoms with Crippen LogP contribution in [0.4, 0.5) is 0 Å². The molecule has 2 aromatic heterocycles. The van der Waals surface area contributed by atoms with Crippen LogP contribution in [0.1, 0.15) is 27.2 Å². The molecule has 0 aliphatic rings. The maximum Gasteiger partial charge on any atom is 0.0798 e. The molecule has 74 valence electrons. The molecule has 1 atom stereocenters. The summed E-state index contributed by atoms with van der Waals surface area (Å²) >= 11 is 3.07. The van der Waals surface area contributed by atoms with E-state index in [0.29, 0.717) is 0 Å². The summed E-state index contributed by atoms with van der Waals surface area (Å²) in [6, 6.07) is 1.97. The van der Waals surface area contributed by atoms with Gasteiger partial charge in [-0.15, -0.1) is 11.3 Å². The molecule has 2 heterocycles. The fourth-order valence-corrected chi connectivity index (χ4v) is 2.92. The molecular weight excluding hydrogens is 214 g/mol. The highest BCUT2D eigenvalue weighted by Crippen LogP contribution is 2.28. The minimum Gasteiger partial charge on any atom is -0.319 e. The van der Waals surface area contributed by atoms with Gasteiger partial charge in [0, 0.05) is 9.75 Å². The van der Waals surface area contributed by atoms with Crippen molar-refractivity contribution in [2.75, 3.05) is 0 Å². The first-order valence-corrected chi connectivity index (χ1v) is 5.92. The summed E-state index contributed by atoms with van der Waals surface area (Å²) < 4.78 is 4.22. The second-order valence-electron chi connectivity index (χ2n) is 3.15. The molecule has 0 aliphatic heterocycles. The van der Waals surface area contributed by atoms with Crippen LogP contribution < -0.4 is 5.73 Å². The van der Waals surface area contributed by atoms with Crippen LogP contribution >= 0.6 is 22.9 Å². The molecule has 0 bridgehead atoms. The monoisotopic (exact) mass is 225 g/mol. The zero-order valence-corrected chi connectivity index (χ0v) is 9.65. The number of nitrogens with zero attached hydrogens (tertiary/aromatic N) is 2. The number of hydrogen-bond acceptors (Lipinski definition) is 5. The fraction of sp³-hybridized carbons (Fsp3) is 0.333. The lowest BCUT2D eigenvalue weighted by atomic mass is 10.2. The van der Waals surface area contributed by atoms with Gasteiger partial charge in [0.1, 0.15) is 0 Å². The van der Waals surface area contributed by atoms with Crippen LogP contribution in [0.25, 0.3) is 0 Å². The maximum absolute atomic E-state index is 6.12. The van der Waals surface area contributed by atoms with Gasteiger partial charge in [-0.1, -0.05) is 0 Å². The molecule has 2 rings (SSSR count). The maximum atomic E-state index is 6.12. The Hall–Kier alpha value is -0.780. The SMILES string of the molecule is Cc1cc(C(N)c2scnc2C)sn1. The third-order valence-electron chi connectivity index (χ3n) is 2.02. The first-order valence-electron chi connectivity index (χ1n) is 4.27. The van der Waals surface area contributed by atoms with Gasteiger partial charge < -0.3 is 5.73 Å². The van der Waals surface area contributed by atoms with Gasteiger partial charge in [-0.2, -0.15) is 4.37 Å². The number of rotatable bonds is 2. The topological polar surface area (TPSA) is 51.8 Å². The van der Waals surface area contributed by atoms with E-state index in [0.717, 1.165) is 21.1 Å². The van der Waals surface area contributed by atoms with Crippen molar-refractivity contribution in [3.63, 3.8) is 0 Å². The summed E-state index contributed by atoms with van der Waals surface area (Å²) in [5, 5.41) is 0. The predicted octanol–water partition coefficient (Wildman–Crippen LogP) is 2.26. The molecule has 14 heavy (non-hydrogen) atoms. The lowest BCUT2D eigenvalue weighted by Gasteiger charge is -2.06. The Morgan fingerprint density at radius 3 is 2.71 bits per heavy atom. The Kier molecular flexibility index (Phi) is 2.62. The standard InChI is InChI=1S/C9H11N3S2/c1-5-3-7(14-12-5)8(10)9-6(2)11-4-13-9/h3-4,8H,10H2,1-2H3. The van der Waals surface area contributed by atoms with Gasteiger partial charge in [0.15, 0.2) is 0 Å². The molecule has 0 fully saturated rings. The number of hydrogen-bond donors (Lipinski definition) is 1. The van der Waals surface area contributed by atoms with Crippen molar-refractivity contribution < 1.29 is 0 Å². The molecule has 2 aromatic rings. The highest BCUT2D eigenvalue weighted by Gasteiger charge is 2.15. The van der Waals surface area contributed by atoms with Crippen molar-refractivity contribution in [2.24, 2.45) is 5.73 Å². The second-order valence-corrected chi connectivity index (χ2v) is 4.87. The highest BCUT2D eigenvalue weighted by atomic mass is 32.1. The Balaban J connectivity index is 2.33. The first-order chi connectivity index (χ1) is 6.68. The van der Waals surface area contributed by atoms with E-state index in [1.807, 2.05) is 25.4 Å². The normalized spacial score (nSPS) is 13.1. The predicted molar refractivity (Wildman–Crippen MR) is 59.7 cm³/mol. The third-order valence-corrected chi connectivity index (χ3v) is 3.99. The van der Waals surface area contributed by atoms with Crippen molar-refractivity contribution in [2.45, 2.75) is 19.9 Å². The Morgan fingerprint density at radius 1 is 1.43 bits per heavy atom. The smallest absolute Gasteiger partial charge is 0.0798 e. The molecule has 0 saturated heterocycles. The molecule has 3 nitrogen and oxygen atoms in total. The Labute approximate surface area is 90.8 Å². The number of thiazole rings is 1. The molecule has 5 heteroatoms. The summed E-state index contributed by atoms with van der Waals surface area (Å²) in [6.07, 6.45) is 0. The van der Waals surface area contributed by atoms with Gasteiger partial charge in [0.25, 0.3) is 0 Å². The van der Waals surface area contributed by atoms with E-state index >= 15 is 0 Å². The van der Waals surface area contributed by atoms with E-state index in [4.69, 9.17) is 5.73 Å². The van der Waals surface area contributed by atoms with Gasteiger partial charge >= 0.3 is 0 Å². The number of aryl methyl sites for hydroxylation is 2. The van der Waals surface area contributed by atoms with Crippen LogP contribution in [-0.4, -0.2) is 9.36 Å². The van der Waals surface area contributed by atoms with E-state index in [1.165, 1.54) is 11.5 Å². The second kappa shape index (κ2) is 3.76. The molecule has 1 unspecified atom stereocenters. The molecule has 0 spiro atoms. The van der Waals surface area contributed by atoms with Crippen LogP contribution in [0, 0.1) is 13.8 Å². The molecular formula is C9H11N3S2. The quantitative estimate of drug-likeness (QED) is 0.853. The molecule has 0 amide bonds. The summed E-state index contributed by atoms with van der Waals surface area (Å²) in [5.41, 5.74) is 10.00. The molecule has 0 radical (unpaired) electrons. The minimum atomic E-state index is -0.0614. The Morgan fingerprint density at radius 2 is 2.21 bits per heavy atom. The molecule has 2 N–H and O–H groups in total. The largest absolute Gasteiger partial charge is 0.319 e.